The molecule has 1 rings (SSSR count). The molecular weight excluding hydrogens is 228 g/mol. The van der Waals surface area contributed by atoms with Gasteiger partial charge in [-0.25, -0.2) is 4.39 Å². The first kappa shape index (κ1) is 13.5. The van der Waals surface area contributed by atoms with Gasteiger partial charge in [0.1, 0.15) is 11.3 Å². The van der Waals surface area contributed by atoms with Crippen molar-refractivity contribution in [3.63, 3.8) is 0 Å². The number of halogens is 1. The second-order valence-corrected chi connectivity index (χ2v) is 3.94. The van der Waals surface area contributed by atoms with Gasteiger partial charge in [-0.2, -0.15) is 0 Å². The summed E-state index contributed by atoms with van der Waals surface area (Å²) in [5.74, 6) is -1.92. The molecule has 0 amide bonds. The molecule has 0 aromatic heterocycles. The van der Waals surface area contributed by atoms with Crippen molar-refractivity contribution >= 4 is 13.7 Å². The number of nitrogens with two attached hydrogens (primary N) is 1. The maximum absolute atomic E-state index is 13.4. The van der Waals surface area contributed by atoms with Crippen LogP contribution in [-0.2, 0) is 11.2 Å². The van der Waals surface area contributed by atoms with Crippen molar-refractivity contribution in [3.8, 4) is 5.75 Å². The minimum Gasteiger partial charge on any atom is -0.537 e. The third-order valence-electron chi connectivity index (χ3n) is 2.28. The largest absolute Gasteiger partial charge is 0.537 e. The second kappa shape index (κ2) is 5.16. The summed E-state index contributed by atoms with van der Waals surface area (Å²) in [6, 6.07) is 3.96. The van der Waals surface area contributed by atoms with Crippen LogP contribution in [0.25, 0.3) is 0 Å². The SMILES string of the molecule is C[C@@](N)(Cc1ccc(OBO)c(F)c1)C(=O)O. The van der Waals surface area contributed by atoms with Gasteiger partial charge < -0.3 is 20.5 Å². The lowest BCUT2D eigenvalue weighted by Gasteiger charge is -2.19. The van der Waals surface area contributed by atoms with Crippen LogP contribution in [0.5, 0.6) is 5.75 Å². The predicted molar refractivity (Wildman–Crippen MR) is 60.3 cm³/mol. The van der Waals surface area contributed by atoms with Crippen LogP contribution in [0.15, 0.2) is 18.2 Å². The third kappa shape index (κ3) is 3.43. The van der Waals surface area contributed by atoms with E-state index < -0.39 is 25.0 Å². The minimum absolute atomic E-state index is 0.00133. The van der Waals surface area contributed by atoms with E-state index >= 15 is 0 Å². The summed E-state index contributed by atoms with van der Waals surface area (Å²) >= 11 is 0. The molecule has 0 saturated carbocycles. The van der Waals surface area contributed by atoms with Crippen molar-refractivity contribution in [2.75, 3.05) is 0 Å². The highest BCUT2D eigenvalue weighted by Crippen LogP contribution is 2.20. The second-order valence-electron chi connectivity index (χ2n) is 3.94. The van der Waals surface area contributed by atoms with Crippen LogP contribution in [0, 0.1) is 5.82 Å². The molecule has 1 aromatic rings. The zero-order valence-electron chi connectivity index (χ0n) is 9.31. The molecule has 0 aliphatic rings. The normalized spacial score (nSPS) is 13.9. The van der Waals surface area contributed by atoms with E-state index in [9.17, 15) is 9.18 Å². The first-order valence-electron chi connectivity index (χ1n) is 4.91. The summed E-state index contributed by atoms with van der Waals surface area (Å²) < 4.78 is 18.0. The Kier molecular flexibility index (Phi) is 4.09. The van der Waals surface area contributed by atoms with Crippen molar-refractivity contribution in [3.05, 3.63) is 29.6 Å². The zero-order chi connectivity index (χ0) is 13.1. The number of carbonyl (C=O) groups is 1. The van der Waals surface area contributed by atoms with Crippen molar-refractivity contribution < 1.29 is 24.0 Å². The van der Waals surface area contributed by atoms with Crippen LogP contribution < -0.4 is 10.4 Å². The molecule has 0 heterocycles. The third-order valence-corrected chi connectivity index (χ3v) is 2.28. The van der Waals surface area contributed by atoms with Gasteiger partial charge in [0.15, 0.2) is 5.82 Å². The molecule has 5 nitrogen and oxygen atoms in total. The van der Waals surface area contributed by atoms with E-state index in [0.29, 0.717) is 5.56 Å². The van der Waals surface area contributed by atoms with Crippen LogP contribution in [0.3, 0.4) is 0 Å². The van der Waals surface area contributed by atoms with Crippen LogP contribution in [0.2, 0.25) is 0 Å². The van der Waals surface area contributed by atoms with Crippen molar-refractivity contribution in [1.82, 2.24) is 0 Å². The number of rotatable bonds is 5. The number of benzene rings is 1. The van der Waals surface area contributed by atoms with Gasteiger partial charge in [-0.3, -0.25) is 4.79 Å². The number of hydrogen-bond donors (Lipinski definition) is 3. The maximum atomic E-state index is 13.4. The van der Waals surface area contributed by atoms with Gasteiger partial charge in [0, 0.05) is 6.42 Å². The highest BCUT2D eigenvalue weighted by Gasteiger charge is 2.28. The number of carboxylic acids is 1. The molecule has 0 spiro atoms. The smallest absolute Gasteiger partial charge is 0.504 e. The molecular formula is C10H13BFNO4. The molecule has 17 heavy (non-hydrogen) atoms. The van der Waals surface area contributed by atoms with Gasteiger partial charge in [-0.1, -0.05) is 6.07 Å². The van der Waals surface area contributed by atoms with Crippen LogP contribution in [0.4, 0.5) is 4.39 Å². The molecule has 0 bridgehead atoms. The van der Waals surface area contributed by atoms with Crippen LogP contribution in [0.1, 0.15) is 12.5 Å². The highest BCUT2D eigenvalue weighted by atomic mass is 19.1. The Morgan fingerprint density at radius 1 is 1.65 bits per heavy atom. The molecule has 7 heteroatoms. The number of carboxylic acid groups (broad SMARTS) is 1. The average molecular weight is 241 g/mol. The van der Waals surface area contributed by atoms with E-state index in [0.717, 1.165) is 6.07 Å². The summed E-state index contributed by atoms with van der Waals surface area (Å²) in [5, 5.41) is 17.3. The predicted octanol–water partition coefficient (Wildman–Crippen LogP) is -0.192. The van der Waals surface area contributed by atoms with Crippen molar-refractivity contribution in [2.24, 2.45) is 5.73 Å². The Balaban J connectivity index is 2.87. The average Bonchev–Trinajstić information content (AvgIpc) is 2.21. The fourth-order valence-corrected chi connectivity index (χ4v) is 1.34. The van der Waals surface area contributed by atoms with Crippen molar-refractivity contribution in [2.45, 2.75) is 18.9 Å². The van der Waals surface area contributed by atoms with E-state index in [2.05, 4.69) is 4.65 Å². The standard InChI is InChI=1S/C10H13BFNO4/c1-10(13,9(14)15)5-6-2-3-8(17-11-16)7(12)4-6/h2-4,11,16H,5,13H2,1H3,(H,14,15)/t10-/m1/s1. The van der Waals surface area contributed by atoms with E-state index in [4.69, 9.17) is 15.9 Å². The summed E-state index contributed by atoms with van der Waals surface area (Å²) in [4.78, 5) is 10.8. The molecule has 0 radical (unpaired) electrons. The van der Waals surface area contributed by atoms with Crippen LogP contribution >= 0.6 is 0 Å². The van der Waals surface area contributed by atoms with E-state index in [1.165, 1.54) is 19.1 Å². The summed E-state index contributed by atoms with van der Waals surface area (Å²) in [5.41, 5.74) is 4.54. The number of hydrogen-bond acceptors (Lipinski definition) is 4. The van der Waals surface area contributed by atoms with Crippen LogP contribution in [-0.4, -0.2) is 29.3 Å². The number of aliphatic carboxylic acids is 1. The molecule has 1 aromatic carbocycles. The summed E-state index contributed by atoms with van der Waals surface area (Å²) in [6.45, 7) is 1.35. The molecule has 0 aliphatic heterocycles. The van der Waals surface area contributed by atoms with Gasteiger partial charge >= 0.3 is 13.7 Å². The molecule has 0 unspecified atom stereocenters. The Hall–Kier alpha value is -1.60. The first-order chi connectivity index (χ1) is 7.86. The quantitative estimate of drug-likeness (QED) is 0.621. The molecule has 0 saturated heterocycles. The maximum Gasteiger partial charge on any atom is 0.504 e. The first-order valence-corrected chi connectivity index (χ1v) is 4.91. The van der Waals surface area contributed by atoms with Gasteiger partial charge in [-0.15, -0.1) is 0 Å². The van der Waals surface area contributed by atoms with Gasteiger partial charge in [0.25, 0.3) is 0 Å². The Labute approximate surface area is 98.3 Å². The Morgan fingerprint density at radius 2 is 2.29 bits per heavy atom. The van der Waals surface area contributed by atoms with E-state index in [1.807, 2.05) is 0 Å². The summed E-state index contributed by atoms with van der Waals surface area (Å²) in [7, 11) is -0.625. The topological polar surface area (TPSA) is 92.8 Å². The lowest BCUT2D eigenvalue weighted by molar-refractivity contribution is -0.142. The highest BCUT2D eigenvalue weighted by molar-refractivity contribution is 6.17. The molecule has 0 aliphatic carbocycles. The van der Waals surface area contributed by atoms with Gasteiger partial charge in [-0.05, 0) is 24.6 Å². The molecule has 1 atom stereocenters. The molecule has 4 N–H and O–H groups in total. The van der Waals surface area contributed by atoms with E-state index in [-0.39, 0.29) is 12.2 Å². The molecule has 92 valence electrons. The van der Waals surface area contributed by atoms with Gasteiger partial charge in [0.2, 0.25) is 0 Å². The van der Waals surface area contributed by atoms with E-state index in [1.54, 1.807) is 0 Å². The summed E-state index contributed by atoms with van der Waals surface area (Å²) in [6.07, 6.45) is -0.00133. The minimum atomic E-state index is -1.45. The lowest BCUT2D eigenvalue weighted by Crippen LogP contribution is -2.46. The fourth-order valence-electron chi connectivity index (χ4n) is 1.34. The Bertz CT molecular complexity index is 425. The monoisotopic (exact) mass is 241 g/mol. The molecule has 0 fully saturated rings. The van der Waals surface area contributed by atoms with Crippen molar-refractivity contribution in [1.29, 1.82) is 0 Å². The Morgan fingerprint density at radius 3 is 2.76 bits per heavy atom. The lowest BCUT2D eigenvalue weighted by atomic mass is 9.94. The van der Waals surface area contributed by atoms with Gasteiger partial charge in [0.05, 0.1) is 0 Å². The fraction of sp³-hybridized carbons (Fsp3) is 0.300. The zero-order valence-corrected chi connectivity index (χ0v) is 9.31.